The Kier molecular flexibility index (Phi) is 5.78. The zero-order valence-corrected chi connectivity index (χ0v) is 19.1. The van der Waals surface area contributed by atoms with E-state index in [1.807, 2.05) is 18.3 Å². The minimum Gasteiger partial charge on any atom is -0.493 e. The Bertz CT molecular complexity index is 1180. The van der Waals surface area contributed by atoms with Crippen LogP contribution in [0, 0.1) is 5.92 Å². The molecule has 5 nitrogen and oxygen atoms in total. The molecule has 1 aliphatic carbocycles. The van der Waals surface area contributed by atoms with Crippen molar-refractivity contribution in [2.45, 2.75) is 18.4 Å². The van der Waals surface area contributed by atoms with Gasteiger partial charge in [-0.25, -0.2) is 0 Å². The summed E-state index contributed by atoms with van der Waals surface area (Å²) in [5.41, 5.74) is 5.69. The summed E-state index contributed by atoms with van der Waals surface area (Å²) < 4.78 is 16.3. The number of hydrogen-bond donors (Lipinski definition) is 1. The third kappa shape index (κ3) is 3.95. The monoisotopic (exact) mass is 440 g/mol. The van der Waals surface area contributed by atoms with Gasteiger partial charge in [0.25, 0.3) is 0 Å². The predicted molar refractivity (Wildman–Crippen MR) is 133 cm³/mol. The summed E-state index contributed by atoms with van der Waals surface area (Å²) in [5, 5.41) is 3.78. The van der Waals surface area contributed by atoms with Crippen LogP contribution in [-0.4, -0.2) is 27.5 Å². The summed E-state index contributed by atoms with van der Waals surface area (Å²) in [7, 11) is 4.82. The lowest BCUT2D eigenvalue weighted by molar-refractivity contribution is 0.324. The molecular formula is C28H28N2O3. The van der Waals surface area contributed by atoms with E-state index in [0.29, 0.717) is 29.1 Å². The molecule has 0 aromatic heterocycles. The highest BCUT2D eigenvalue weighted by Crippen LogP contribution is 2.49. The van der Waals surface area contributed by atoms with Crippen molar-refractivity contribution in [3.63, 3.8) is 0 Å². The van der Waals surface area contributed by atoms with Crippen molar-refractivity contribution >= 4 is 17.6 Å². The van der Waals surface area contributed by atoms with Gasteiger partial charge in [-0.15, -0.1) is 0 Å². The van der Waals surface area contributed by atoms with Crippen molar-refractivity contribution in [3.8, 4) is 17.2 Å². The van der Waals surface area contributed by atoms with Gasteiger partial charge in [0, 0.05) is 23.4 Å². The molecule has 1 heterocycles. The average Bonchev–Trinajstić information content (AvgIpc) is 3.37. The van der Waals surface area contributed by atoms with E-state index in [9.17, 15) is 0 Å². The van der Waals surface area contributed by atoms with E-state index in [1.165, 1.54) is 16.8 Å². The number of benzene rings is 3. The lowest BCUT2D eigenvalue weighted by Crippen LogP contribution is -2.28. The van der Waals surface area contributed by atoms with Gasteiger partial charge in [0.05, 0.1) is 33.1 Å². The van der Waals surface area contributed by atoms with E-state index >= 15 is 0 Å². The minimum absolute atomic E-state index is 0.285. The van der Waals surface area contributed by atoms with Crippen molar-refractivity contribution < 1.29 is 14.2 Å². The number of para-hydroxylation sites is 1. The van der Waals surface area contributed by atoms with Crippen LogP contribution in [-0.2, 0) is 0 Å². The van der Waals surface area contributed by atoms with E-state index in [0.717, 1.165) is 17.7 Å². The number of nitrogens with zero attached hydrogens (tertiary/aromatic N) is 1. The van der Waals surface area contributed by atoms with Gasteiger partial charge in [-0.3, -0.25) is 4.99 Å². The third-order valence-corrected chi connectivity index (χ3v) is 6.57. The standard InChI is InChI=1S/C28H28N2O3/c1-31-25-15-18(16-26(32-2)28(25)33-3)17-29-20-13-11-19(12-14-20)27-23-9-6-8-21(23)22-7-4-5-10-24(22)30-27/h4-8,10-17,21,23,27,30H,9H2,1-3H3/t21-,23-,27-/m0/s1. The number of nitrogens with one attached hydrogen (secondary N) is 1. The molecule has 5 heteroatoms. The summed E-state index contributed by atoms with van der Waals surface area (Å²) in [6, 6.07) is 21.2. The number of hydrogen-bond acceptors (Lipinski definition) is 5. The molecule has 3 atom stereocenters. The zero-order chi connectivity index (χ0) is 22.8. The maximum absolute atomic E-state index is 5.43. The fraction of sp³-hybridized carbons (Fsp3) is 0.250. The number of methoxy groups -OCH3 is 3. The Labute approximate surface area is 194 Å². The maximum atomic E-state index is 5.43. The largest absolute Gasteiger partial charge is 0.493 e. The highest BCUT2D eigenvalue weighted by atomic mass is 16.5. The molecule has 3 aromatic rings. The molecule has 0 saturated carbocycles. The fourth-order valence-electron chi connectivity index (χ4n) is 4.97. The molecule has 1 N–H and O–H groups in total. The molecule has 0 radical (unpaired) electrons. The molecule has 2 aliphatic rings. The van der Waals surface area contributed by atoms with Crippen LogP contribution in [0.25, 0.3) is 0 Å². The molecular weight excluding hydrogens is 412 g/mol. The minimum atomic E-state index is 0.285. The Balaban J connectivity index is 1.37. The Morgan fingerprint density at radius 3 is 2.33 bits per heavy atom. The van der Waals surface area contributed by atoms with Crippen LogP contribution in [0.2, 0.25) is 0 Å². The highest BCUT2D eigenvalue weighted by molar-refractivity contribution is 5.84. The number of fused-ring (bicyclic) bond motifs is 3. The number of ether oxygens (including phenoxy) is 3. The van der Waals surface area contributed by atoms with Gasteiger partial charge in [0.2, 0.25) is 5.75 Å². The molecule has 3 aromatic carbocycles. The Hall–Kier alpha value is -3.73. The molecule has 1 aliphatic heterocycles. The highest BCUT2D eigenvalue weighted by Gasteiger charge is 2.37. The van der Waals surface area contributed by atoms with Crippen molar-refractivity contribution in [2.75, 3.05) is 26.6 Å². The second-order valence-corrected chi connectivity index (χ2v) is 8.37. The van der Waals surface area contributed by atoms with Gasteiger partial charge in [0.15, 0.2) is 11.5 Å². The first-order valence-corrected chi connectivity index (χ1v) is 11.2. The molecule has 0 saturated heterocycles. The van der Waals surface area contributed by atoms with Gasteiger partial charge in [0.1, 0.15) is 0 Å². The maximum Gasteiger partial charge on any atom is 0.203 e. The van der Waals surface area contributed by atoms with Crippen LogP contribution >= 0.6 is 0 Å². The van der Waals surface area contributed by atoms with Crippen LogP contribution in [0.3, 0.4) is 0 Å². The second-order valence-electron chi connectivity index (χ2n) is 8.37. The molecule has 0 amide bonds. The molecule has 0 bridgehead atoms. The first kappa shape index (κ1) is 21.1. The third-order valence-electron chi connectivity index (χ3n) is 6.57. The SMILES string of the molecule is COc1cc(C=Nc2ccc([C@@H]3Nc4ccccc4[C@@H]4C=CC[C@@H]43)cc2)cc(OC)c1OC. The van der Waals surface area contributed by atoms with Crippen LogP contribution < -0.4 is 19.5 Å². The van der Waals surface area contributed by atoms with Gasteiger partial charge >= 0.3 is 0 Å². The molecule has 33 heavy (non-hydrogen) atoms. The van der Waals surface area contributed by atoms with E-state index in [1.54, 1.807) is 21.3 Å². The number of anilines is 1. The summed E-state index contributed by atoms with van der Waals surface area (Å²) in [6.07, 6.45) is 7.60. The topological polar surface area (TPSA) is 52.1 Å². The molecule has 0 unspecified atom stereocenters. The van der Waals surface area contributed by atoms with Crippen LogP contribution in [0.5, 0.6) is 17.2 Å². The summed E-state index contributed by atoms with van der Waals surface area (Å²) in [4.78, 5) is 4.66. The van der Waals surface area contributed by atoms with Gasteiger partial charge in [-0.1, -0.05) is 42.5 Å². The second kappa shape index (κ2) is 9.02. The van der Waals surface area contributed by atoms with Crippen molar-refractivity contribution in [3.05, 3.63) is 89.5 Å². The normalized spacial score (nSPS) is 20.8. The first-order chi connectivity index (χ1) is 16.2. The molecule has 5 rings (SSSR count). The Morgan fingerprint density at radius 1 is 0.909 bits per heavy atom. The lowest BCUT2D eigenvalue weighted by atomic mass is 9.77. The first-order valence-electron chi connectivity index (χ1n) is 11.2. The molecule has 0 spiro atoms. The van der Waals surface area contributed by atoms with E-state index in [-0.39, 0.29) is 6.04 Å². The average molecular weight is 441 g/mol. The molecule has 168 valence electrons. The smallest absolute Gasteiger partial charge is 0.203 e. The molecule has 0 fully saturated rings. The van der Waals surface area contributed by atoms with E-state index in [4.69, 9.17) is 14.2 Å². The van der Waals surface area contributed by atoms with Crippen molar-refractivity contribution in [1.82, 2.24) is 0 Å². The van der Waals surface area contributed by atoms with Gasteiger partial charge < -0.3 is 19.5 Å². The van der Waals surface area contributed by atoms with Crippen LogP contribution in [0.4, 0.5) is 11.4 Å². The zero-order valence-electron chi connectivity index (χ0n) is 19.1. The number of aliphatic imine (C=N–C) groups is 1. The van der Waals surface area contributed by atoms with Crippen LogP contribution in [0.15, 0.2) is 77.8 Å². The quantitative estimate of drug-likeness (QED) is 0.362. The number of allylic oxidation sites excluding steroid dienone is 2. The summed E-state index contributed by atoms with van der Waals surface area (Å²) >= 11 is 0. The summed E-state index contributed by atoms with van der Waals surface area (Å²) in [6.45, 7) is 0. The fourth-order valence-corrected chi connectivity index (χ4v) is 4.97. The van der Waals surface area contributed by atoms with Crippen molar-refractivity contribution in [1.29, 1.82) is 0 Å². The van der Waals surface area contributed by atoms with Crippen LogP contribution in [0.1, 0.15) is 35.1 Å². The Morgan fingerprint density at radius 2 is 1.64 bits per heavy atom. The van der Waals surface area contributed by atoms with E-state index in [2.05, 4.69) is 71.0 Å². The summed E-state index contributed by atoms with van der Waals surface area (Å²) in [5.74, 6) is 2.80. The van der Waals surface area contributed by atoms with Gasteiger partial charge in [-0.05, 0) is 53.8 Å². The van der Waals surface area contributed by atoms with E-state index < -0.39 is 0 Å². The lowest BCUT2D eigenvalue weighted by Gasteiger charge is -2.37. The predicted octanol–water partition coefficient (Wildman–Crippen LogP) is 6.29. The number of rotatable bonds is 6. The van der Waals surface area contributed by atoms with Crippen molar-refractivity contribution in [2.24, 2.45) is 10.9 Å². The van der Waals surface area contributed by atoms with Gasteiger partial charge in [-0.2, -0.15) is 0 Å².